The van der Waals surface area contributed by atoms with E-state index in [0.29, 0.717) is 6.10 Å². The van der Waals surface area contributed by atoms with E-state index in [1.54, 1.807) is 0 Å². The second-order valence-electron chi connectivity index (χ2n) is 9.38. The Labute approximate surface area is 155 Å². The summed E-state index contributed by atoms with van der Waals surface area (Å²) in [5.74, 6) is 0. The molecule has 134 valence electrons. The number of hydrogen-bond acceptors (Lipinski definition) is 2. The maximum Gasteiger partial charge on any atom is 0.192 e. The van der Waals surface area contributed by atoms with E-state index in [1.165, 1.54) is 0 Å². The highest BCUT2D eigenvalue weighted by atomic mass is 127. The van der Waals surface area contributed by atoms with Gasteiger partial charge in [0.25, 0.3) is 0 Å². The summed E-state index contributed by atoms with van der Waals surface area (Å²) < 4.78 is 14.1. The van der Waals surface area contributed by atoms with Crippen molar-refractivity contribution < 1.29 is 8.85 Å². The molecule has 2 nitrogen and oxygen atoms in total. The number of alkyl halides is 1. The van der Waals surface area contributed by atoms with Crippen LogP contribution in [0.5, 0.6) is 0 Å². The molecule has 1 unspecified atom stereocenters. The average molecular weight is 459 g/mol. The van der Waals surface area contributed by atoms with Gasteiger partial charge in [-0.15, -0.1) is 0 Å². The molecule has 0 bridgehead atoms. The normalized spacial score (nSPS) is 16.0. The van der Waals surface area contributed by atoms with Crippen molar-refractivity contribution in [3.05, 3.63) is 0 Å². The minimum absolute atomic E-state index is 0.275. The Kier molecular flexibility index (Phi) is 8.87. The lowest BCUT2D eigenvalue weighted by atomic mass is 10.2. The first-order chi connectivity index (χ1) is 9.64. The summed E-state index contributed by atoms with van der Waals surface area (Å²) in [6.45, 7) is 24.0. The summed E-state index contributed by atoms with van der Waals surface area (Å²) >= 11 is 2.46. The lowest BCUT2D eigenvalue weighted by molar-refractivity contribution is 0.139. The van der Waals surface area contributed by atoms with Crippen molar-refractivity contribution in [1.29, 1.82) is 0 Å². The van der Waals surface area contributed by atoms with Crippen LogP contribution in [-0.4, -0.2) is 33.8 Å². The Hall–Kier alpha value is 1.08. The van der Waals surface area contributed by atoms with Gasteiger partial charge in [0.15, 0.2) is 16.6 Å². The summed E-state index contributed by atoms with van der Waals surface area (Å²) in [5.41, 5.74) is 0. The predicted octanol–water partition coefficient (Wildman–Crippen LogP) is 6.61. The van der Waals surface area contributed by atoms with E-state index in [4.69, 9.17) is 8.85 Å². The fourth-order valence-electron chi connectivity index (χ4n) is 1.64. The molecule has 0 saturated carbocycles. The molecule has 0 aromatic carbocycles. The van der Waals surface area contributed by atoms with Gasteiger partial charge in [0.05, 0.1) is 0 Å². The average Bonchev–Trinajstić information content (AvgIpc) is 2.25. The Morgan fingerprint density at radius 3 is 1.64 bits per heavy atom. The van der Waals surface area contributed by atoms with Gasteiger partial charge in [-0.25, -0.2) is 0 Å². The molecule has 0 radical (unpaired) electrons. The molecular formula is C17H39IO2Si2. The van der Waals surface area contributed by atoms with Crippen LogP contribution in [0.25, 0.3) is 0 Å². The first kappa shape index (κ1) is 23.1. The minimum atomic E-state index is -1.69. The third kappa shape index (κ3) is 7.32. The molecule has 0 spiro atoms. The van der Waals surface area contributed by atoms with Crippen LogP contribution in [0.15, 0.2) is 0 Å². The van der Waals surface area contributed by atoms with Crippen molar-refractivity contribution >= 4 is 39.2 Å². The molecule has 0 fully saturated rings. The van der Waals surface area contributed by atoms with Crippen LogP contribution in [0.2, 0.25) is 36.3 Å². The Morgan fingerprint density at radius 1 is 0.818 bits per heavy atom. The molecule has 0 aliphatic heterocycles. The fourth-order valence-corrected chi connectivity index (χ4v) is 4.82. The Balaban J connectivity index is 4.62. The molecule has 0 aliphatic carbocycles. The van der Waals surface area contributed by atoms with Gasteiger partial charge in [-0.3, -0.25) is 0 Å². The van der Waals surface area contributed by atoms with E-state index in [9.17, 15) is 0 Å². The maximum atomic E-state index is 6.61. The third-order valence-electron chi connectivity index (χ3n) is 5.41. The highest BCUT2D eigenvalue weighted by Gasteiger charge is 2.40. The van der Waals surface area contributed by atoms with Crippen molar-refractivity contribution in [3.8, 4) is 0 Å². The lowest BCUT2D eigenvalue weighted by Crippen LogP contribution is -2.45. The van der Waals surface area contributed by atoms with E-state index >= 15 is 0 Å². The SMILES string of the molecule is CC(C)(C)[Si](C)(C)OCCC(CCI)O[Si](C)(C)C(C)(C)C. The van der Waals surface area contributed by atoms with Gasteiger partial charge in [0.2, 0.25) is 0 Å². The second kappa shape index (κ2) is 8.45. The van der Waals surface area contributed by atoms with E-state index in [-0.39, 0.29) is 10.1 Å². The molecule has 0 rings (SSSR count). The largest absolute Gasteiger partial charge is 0.417 e. The van der Waals surface area contributed by atoms with Crippen molar-refractivity contribution in [3.63, 3.8) is 0 Å². The summed E-state index contributed by atoms with van der Waals surface area (Å²) in [7, 11) is -3.32. The molecule has 0 amide bonds. The molecule has 0 N–H and O–H groups in total. The van der Waals surface area contributed by atoms with Crippen LogP contribution < -0.4 is 0 Å². The number of halogens is 1. The maximum absolute atomic E-state index is 6.61. The zero-order chi connectivity index (χ0) is 17.8. The van der Waals surface area contributed by atoms with Crippen LogP contribution in [0, 0.1) is 0 Å². The molecule has 5 heteroatoms. The quantitative estimate of drug-likeness (QED) is 0.231. The van der Waals surface area contributed by atoms with Gasteiger partial charge in [0.1, 0.15) is 0 Å². The van der Waals surface area contributed by atoms with E-state index in [2.05, 4.69) is 90.3 Å². The minimum Gasteiger partial charge on any atom is -0.417 e. The molecule has 0 aromatic heterocycles. The molecule has 0 aliphatic rings. The lowest BCUT2D eigenvalue weighted by Gasteiger charge is -2.40. The van der Waals surface area contributed by atoms with Crippen molar-refractivity contribution in [2.24, 2.45) is 0 Å². The Morgan fingerprint density at radius 2 is 1.27 bits per heavy atom. The monoisotopic (exact) mass is 458 g/mol. The number of rotatable bonds is 8. The molecule has 22 heavy (non-hydrogen) atoms. The van der Waals surface area contributed by atoms with Crippen LogP contribution in [0.1, 0.15) is 54.4 Å². The topological polar surface area (TPSA) is 18.5 Å². The summed E-state index contributed by atoms with van der Waals surface area (Å²) in [5, 5.41) is 0.558. The summed E-state index contributed by atoms with van der Waals surface area (Å²) in [6.07, 6.45) is 2.51. The summed E-state index contributed by atoms with van der Waals surface area (Å²) in [6, 6.07) is 0. The van der Waals surface area contributed by atoms with Crippen molar-refractivity contribution in [2.45, 2.75) is 96.8 Å². The van der Waals surface area contributed by atoms with Crippen molar-refractivity contribution in [1.82, 2.24) is 0 Å². The zero-order valence-electron chi connectivity index (χ0n) is 16.6. The molecule has 0 heterocycles. The highest BCUT2D eigenvalue weighted by Crippen LogP contribution is 2.39. The van der Waals surface area contributed by atoms with Gasteiger partial charge in [-0.05, 0) is 49.1 Å². The Bertz CT molecular complexity index is 331. The summed E-state index contributed by atoms with van der Waals surface area (Å²) in [4.78, 5) is 0. The second-order valence-corrected chi connectivity index (χ2v) is 20.0. The van der Waals surface area contributed by atoms with Crippen LogP contribution in [0.4, 0.5) is 0 Å². The van der Waals surface area contributed by atoms with E-state index in [1.807, 2.05) is 0 Å². The number of hydrogen-bond donors (Lipinski definition) is 0. The smallest absolute Gasteiger partial charge is 0.192 e. The molecule has 1 atom stereocenters. The first-order valence-electron chi connectivity index (χ1n) is 8.52. The van der Waals surface area contributed by atoms with Crippen LogP contribution in [0.3, 0.4) is 0 Å². The molecular weight excluding hydrogens is 419 g/mol. The predicted molar refractivity (Wildman–Crippen MR) is 113 cm³/mol. The zero-order valence-corrected chi connectivity index (χ0v) is 20.8. The third-order valence-corrected chi connectivity index (χ3v) is 15.1. The fraction of sp³-hybridized carbons (Fsp3) is 1.00. The molecule has 0 aromatic rings. The first-order valence-corrected chi connectivity index (χ1v) is 15.9. The van der Waals surface area contributed by atoms with Crippen LogP contribution >= 0.6 is 22.6 Å². The van der Waals surface area contributed by atoms with Gasteiger partial charge in [0, 0.05) is 17.1 Å². The van der Waals surface area contributed by atoms with E-state index in [0.717, 1.165) is 23.9 Å². The van der Waals surface area contributed by atoms with Gasteiger partial charge < -0.3 is 8.85 Å². The van der Waals surface area contributed by atoms with Crippen LogP contribution in [-0.2, 0) is 8.85 Å². The standard InChI is InChI=1S/C17H39IO2Si2/c1-16(2,3)21(7,8)19-14-12-15(11-13-18)20-22(9,10)17(4,5)6/h15H,11-14H2,1-10H3. The molecule has 0 saturated heterocycles. The van der Waals surface area contributed by atoms with Crippen molar-refractivity contribution in [2.75, 3.05) is 11.0 Å². The van der Waals surface area contributed by atoms with Gasteiger partial charge in [-0.2, -0.15) is 0 Å². The highest BCUT2D eigenvalue weighted by molar-refractivity contribution is 14.1. The van der Waals surface area contributed by atoms with Gasteiger partial charge >= 0.3 is 0 Å². The van der Waals surface area contributed by atoms with Gasteiger partial charge in [-0.1, -0.05) is 64.1 Å². The van der Waals surface area contributed by atoms with E-state index < -0.39 is 16.6 Å².